The summed E-state index contributed by atoms with van der Waals surface area (Å²) in [5.41, 5.74) is 0.436. The molecule has 1 aromatic carbocycles. The van der Waals surface area contributed by atoms with E-state index in [0.717, 1.165) is 12.1 Å². The average Bonchev–Trinajstić information content (AvgIpc) is 2.23. The average molecular weight is 212 g/mol. The van der Waals surface area contributed by atoms with Crippen LogP contribution in [-0.4, -0.2) is 19.0 Å². The second-order valence-electron chi connectivity index (χ2n) is 3.35. The van der Waals surface area contributed by atoms with E-state index in [-0.39, 0.29) is 5.91 Å². The van der Waals surface area contributed by atoms with Gasteiger partial charge in [0.2, 0.25) is 5.91 Å². The summed E-state index contributed by atoms with van der Waals surface area (Å²) >= 11 is 0. The number of hydrogen-bond donors (Lipinski definition) is 2. The van der Waals surface area contributed by atoms with E-state index in [0.29, 0.717) is 18.7 Å². The van der Waals surface area contributed by atoms with Crippen LogP contribution in [0.25, 0.3) is 0 Å². The molecule has 1 unspecified atom stereocenters. The van der Waals surface area contributed by atoms with E-state index in [1.165, 1.54) is 6.07 Å². The van der Waals surface area contributed by atoms with Crippen molar-refractivity contribution in [1.82, 2.24) is 10.6 Å². The molecule has 15 heavy (non-hydrogen) atoms. The van der Waals surface area contributed by atoms with E-state index >= 15 is 0 Å². The lowest BCUT2D eigenvalue weighted by atomic mass is 10.0. The number of benzene rings is 1. The fourth-order valence-corrected chi connectivity index (χ4v) is 1.56. The third-order valence-electron chi connectivity index (χ3n) is 2.31. The maximum absolute atomic E-state index is 12.9. The van der Waals surface area contributed by atoms with Crippen molar-refractivity contribution in [3.8, 4) is 0 Å². The summed E-state index contributed by atoms with van der Waals surface area (Å²) in [5.74, 6) is -2.06. The second kappa shape index (κ2) is 3.94. The fourth-order valence-electron chi connectivity index (χ4n) is 1.56. The van der Waals surface area contributed by atoms with Gasteiger partial charge in [0.05, 0.1) is 0 Å². The number of carbonyl (C=O) groups excluding carboxylic acids is 1. The maximum atomic E-state index is 12.9. The zero-order valence-corrected chi connectivity index (χ0v) is 7.89. The molecule has 3 nitrogen and oxygen atoms in total. The second-order valence-corrected chi connectivity index (χ2v) is 3.35. The van der Waals surface area contributed by atoms with Crippen LogP contribution in [0, 0.1) is 11.6 Å². The zero-order valence-electron chi connectivity index (χ0n) is 7.89. The summed E-state index contributed by atoms with van der Waals surface area (Å²) in [6.45, 7) is 1.18. The van der Waals surface area contributed by atoms with Gasteiger partial charge in [-0.25, -0.2) is 8.78 Å². The zero-order chi connectivity index (χ0) is 10.8. The Morgan fingerprint density at radius 3 is 2.67 bits per heavy atom. The van der Waals surface area contributed by atoms with Gasteiger partial charge < -0.3 is 10.6 Å². The number of carbonyl (C=O) groups is 1. The molecule has 1 heterocycles. The van der Waals surface area contributed by atoms with Crippen molar-refractivity contribution in [2.24, 2.45) is 0 Å². The van der Waals surface area contributed by atoms with Gasteiger partial charge in [0.15, 0.2) is 11.6 Å². The monoisotopic (exact) mass is 212 g/mol. The molecule has 1 aliphatic rings. The van der Waals surface area contributed by atoms with Crippen molar-refractivity contribution in [1.29, 1.82) is 0 Å². The van der Waals surface area contributed by atoms with Gasteiger partial charge in [0, 0.05) is 13.1 Å². The minimum Gasteiger partial charge on any atom is -0.353 e. The Kier molecular flexibility index (Phi) is 2.64. The predicted octanol–water partition coefficient (Wildman–Crippen LogP) is 0.725. The normalized spacial score (nSPS) is 21.2. The van der Waals surface area contributed by atoms with E-state index in [4.69, 9.17) is 0 Å². The van der Waals surface area contributed by atoms with Crippen LogP contribution in [0.3, 0.4) is 0 Å². The molecule has 2 rings (SSSR count). The van der Waals surface area contributed by atoms with Gasteiger partial charge >= 0.3 is 0 Å². The molecule has 1 fully saturated rings. The standard InChI is InChI=1S/C10H10F2N2O/c11-7-2-1-6(5-8(7)12)9-10(15)14-4-3-13-9/h1-2,5,9,13H,3-4H2,(H,14,15). The van der Waals surface area contributed by atoms with Gasteiger partial charge in [0.25, 0.3) is 0 Å². The molecule has 0 spiro atoms. The Bertz CT molecular complexity index is 395. The molecule has 5 heteroatoms. The van der Waals surface area contributed by atoms with Crippen LogP contribution in [0.2, 0.25) is 0 Å². The molecule has 0 saturated carbocycles. The molecular formula is C10H10F2N2O. The van der Waals surface area contributed by atoms with E-state index < -0.39 is 17.7 Å². The van der Waals surface area contributed by atoms with Gasteiger partial charge in [-0.2, -0.15) is 0 Å². The largest absolute Gasteiger partial charge is 0.353 e. The van der Waals surface area contributed by atoms with E-state index in [1.54, 1.807) is 0 Å². The summed E-state index contributed by atoms with van der Waals surface area (Å²) in [6, 6.07) is 2.88. The Morgan fingerprint density at radius 2 is 2.00 bits per heavy atom. The highest BCUT2D eigenvalue weighted by atomic mass is 19.2. The minimum atomic E-state index is -0.937. The van der Waals surface area contributed by atoms with Crippen molar-refractivity contribution in [3.63, 3.8) is 0 Å². The van der Waals surface area contributed by atoms with Gasteiger partial charge in [-0.05, 0) is 17.7 Å². The third-order valence-corrected chi connectivity index (χ3v) is 2.31. The van der Waals surface area contributed by atoms with Crippen LogP contribution >= 0.6 is 0 Å². The fraction of sp³-hybridized carbons (Fsp3) is 0.300. The molecule has 80 valence electrons. The lowest BCUT2D eigenvalue weighted by Crippen LogP contribution is -2.47. The van der Waals surface area contributed by atoms with Crippen molar-refractivity contribution in [2.45, 2.75) is 6.04 Å². The first-order valence-corrected chi connectivity index (χ1v) is 4.64. The van der Waals surface area contributed by atoms with Gasteiger partial charge in [-0.1, -0.05) is 6.07 Å². The summed E-state index contributed by atoms with van der Waals surface area (Å²) in [7, 11) is 0. The first-order chi connectivity index (χ1) is 7.18. The smallest absolute Gasteiger partial charge is 0.241 e. The van der Waals surface area contributed by atoms with Crippen LogP contribution in [-0.2, 0) is 4.79 Å². The summed E-state index contributed by atoms with van der Waals surface area (Å²) in [6.07, 6.45) is 0. The highest BCUT2D eigenvalue weighted by molar-refractivity contribution is 5.83. The van der Waals surface area contributed by atoms with Crippen molar-refractivity contribution in [3.05, 3.63) is 35.4 Å². The number of hydrogen-bond acceptors (Lipinski definition) is 2. The third kappa shape index (κ3) is 1.97. The van der Waals surface area contributed by atoms with Crippen molar-refractivity contribution >= 4 is 5.91 Å². The topological polar surface area (TPSA) is 41.1 Å². The summed E-state index contributed by atoms with van der Waals surface area (Å²) in [5, 5.41) is 5.58. The minimum absolute atomic E-state index is 0.216. The number of piperazine rings is 1. The van der Waals surface area contributed by atoms with Crippen molar-refractivity contribution < 1.29 is 13.6 Å². The van der Waals surface area contributed by atoms with E-state index in [2.05, 4.69) is 10.6 Å². The molecule has 1 amide bonds. The molecule has 0 bridgehead atoms. The summed E-state index contributed by atoms with van der Waals surface area (Å²) < 4.78 is 25.6. The molecule has 1 aromatic rings. The highest BCUT2D eigenvalue weighted by Crippen LogP contribution is 2.17. The Morgan fingerprint density at radius 1 is 1.20 bits per heavy atom. The van der Waals surface area contributed by atoms with Gasteiger partial charge in [-0.3, -0.25) is 4.79 Å². The van der Waals surface area contributed by atoms with Crippen LogP contribution in [0.1, 0.15) is 11.6 Å². The van der Waals surface area contributed by atoms with E-state index in [1.807, 2.05) is 0 Å². The molecular weight excluding hydrogens is 202 g/mol. The first kappa shape index (κ1) is 10.0. The predicted molar refractivity (Wildman–Crippen MR) is 50.1 cm³/mol. The lowest BCUT2D eigenvalue weighted by Gasteiger charge is -2.23. The lowest BCUT2D eigenvalue weighted by molar-refractivity contribution is -0.124. The van der Waals surface area contributed by atoms with Gasteiger partial charge in [0.1, 0.15) is 6.04 Å². The molecule has 1 atom stereocenters. The number of halogens is 2. The summed E-state index contributed by atoms with van der Waals surface area (Å²) in [4.78, 5) is 11.4. The van der Waals surface area contributed by atoms with E-state index in [9.17, 15) is 13.6 Å². The van der Waals surface area contributed by atoms with Crippen LogP contribution in [0.5, 0.6) is 0 Å². The molecule has 0 aliphatic carbocycles. The number of nitrogens with one attached hydrogen (secondary N) is 2. The van der Waals surface area contributed by atoms with Gasteiger partial charge in [-0.15, -0.1) is 0 Å². The Balaban J connectivity index is 2.28. The Hall–Kier alpha value is -1.49. The maximum Gasteiger partial charge on any atom is 0.241 e. The highest BCUT2D eigenvalue weighted by Gasteiger charge is 2.23. The van der Waals surface area contributed by atoms with Crippen LogP contribution in [0.4, 0.5) is 8.78 Å². The molecule has 1 saturated heterocycles. The molecule has 1 aliphatic heterocycles. The number of amides is 1. The SMILES string of the molecule is O=C1NCCNC1c1ccc(F)c(F)c1. The first-order valence-electron chi connectivity index (χ1n) is 4.64. The van der Waals surface area contributed by atoms with Crippen molar-refractivity contribution in [2.75, 3.05) is 13.1 Å². The number of rotatable bonds is 1. The van der Waals surface area contributed by atoms with Crippen LogP contribution < -0.4 is 10.6 Å². The molecule has 2 N–H and O–H groups in total. The molecule has 0 radical (unpaired) electrons. The van der Waals surface area contributed by atoms with Crippen LogP contribution in [0.15, 0.2) is 18.2 Å². The molecule has 0 aromatic heterocycles. The Labute approximate surface area is 85.5 Å². The quantitative estimate of drug-likeness (QED) is 0.720.